The molecule has 0 aliphatic heterocycles. The van der Waals surface area contributed by atoms with E-state index in [1.54, 1.807) is 36.5 Å². The summed E-state index contributed by atoms with van der Waals surface area (Å²) in [6, 6.07) is 10.6. The lowest BCUT2D eigenvalue weighted by molar-refractivity contribution is 0.220. The van der Waals surface area contributed by atoms with Gasteiger partial charge in [0.15, 0.2) is 0 Å². The first kappa shape index (κ1) is 12.1. The first-order chi connectivity index (χ1) is 8.63. The largest absolute Gasteiger partial charge is 0.384 e. The zero-order valence-corrected chi connectivity index (χ0v) is 9.96. The standard InChI is InChI=1S/C14H13N3O/c1-9-6-7-17-14(16)12(9)13(18)11-4-2-10(8-15)3-5-11/h2-7,13,18H,1H3,(H2,16,17). The van der Waals surface area contributed by atoms with Gasteiger partial charge >= 0.3 is 0 Å². The van der Waals surface area contributed by atoms with Crippen molar-refractivity contribution in [3.63, 3.8) is 0 Å². The van der Waals surface area contributed by atoms with Gasteiger partial charge in [0.2, 0.25) is 0 Å². The Bertz CT molecular complexity index is 579. The molecule has 1 unspecified atom stereocenters. The summed E-state index contributed by atoms with van der Waals surface area (Å²) in [4.78, 5) is 3.99. The van der Waals surface area contributed by atoms with Crippen LogP contribution in [-0.4, -0.2) is 10.1 Å². The minimum atomic E-state index is -0.827. The van der Waals surface area contributed by atoms with Gasteiger partial charge in [-0.1, -0.05) is 12.1 Å². The average molecular weight is 239 g/mol. The minimum absolute atomic E-state index is 0.326. The lowest BCUT2D eigenvalue weighted by Crippen LogP contribution is -2.07. The number of benzene rings is 1. The Labute approximate surface area is 105 Å². The van der Waals surface area contributed by atoms with E-state index in [-0.39, 0.29) is 0 Å². The first-order valence-corrected chi connectivity index (χ1v) is 5.52. The highest BCUT2D eigenvalue weighted by atomic mass is 16.3. The normalized spacial score (nSPS) is 11.8. The smallest absolute Gasteiger partial charge is 0.129 e. The number of hydrogen-bond donors (Lipinski definition) is 2. The zero-order valence-electron chi connectivity index (χ0n) is 9.96. The number of aliphatic hydroxyl groups is 1. The summed E-state index contributed by atoms with van der Waals surface area (Å²) in [6.07, 6.45) is 0.783. The Morgan fingerprint density at radius 2 is 1.94 bits per heavy atom. The van der Waals surface area contributed by atoms with Gasteiger partial charge < -0.3 is 10.8 Å². The fourth-order valence-electron chi connectivity index (χ4n) is 1.85. The third kappa shape index (κ3) is 2.17. The molecular formula is C14H13N3O. The molecule has 0 saturated carbocycles. The fraction of sp³-hybridized carbons (Fsp3) is 0.143. The maximum absolute atomic E-state index is 10.3. The van der Waals surface area contributed by atoms with Crippen molar-refractivity contribution in [3.8, 4) is 6.07 Å². The average Bonchev–Trinajstić information content (AvgIpc) is 2.38. The van der Waals surface area contributed by atoms with Crippen LogP contribution < -0.4 is 5.73 Å². The van der Waals surface area contributed by atoms with Crippen LogP contribution in [0.5, 0.6) is 0 Å². The van der Waals surface area contributed by atoms with Gasteiger partial charge in [0.05, 0.1) is 11.6 Å². The van der Waals surface area contributed by atoms with E-state index in [1.807, 2.05) is 13.0 Å². The summed E-state index contributed by atoms with van der Waals surface area (Å²) < 4.78 is 0. The van der Waals surface area contributed by atoms with Crippen LogP contribution in [0.15, 0.2) is 36.5 Å². The van der Waals surface area contributed by atoms with E-state index in [9.17, 15) is 5.11 Å². The number of nitrogens with zero attached hydrogens (tertiary/aromatic N) is 2. The number of nitrogens with two attached hydrogens (primary N) is 1. The van der Waals surface area contributed by atoms with Gasteiger partial charge in [0.1, 0.15) is 11.9 Å². The van der Waals surface area contributed by atoms with Crippen LogP contribution in [0, 0.1) is 18.3 Å². The number of hydrogen-bond acceptors (Lipinski definition) is 4. The monoisotopic (exact) mass is 239 g/mol. The van der Waals surface area contributed by atoms with Crippen molar-refractivity contribution in [3.05, 3.63) is 58.8 Å². The molecule has 0 aliphatic rings. The number of rotatable bonds is 2. The number of aliphatic hydroxyl groups excluding tert-OH is 1. The molecular weight excluding hydrogens is 226 g/mol. The molecule has 90 valence electrons. The third-order valence-corrected chi connectivity index (χ3v) is 2.87. The van der Waals surface area contributed by atoms with Crippen LogP contribution in [0.2, 0.25) is 0 Å². The predicted molar refractivity (Wildman–Crippen MR) is 68.6 cm³/mol. The molecule has 1 aromatic carbocycles. The number of pyridine rings is 1. The van der Waals surface area contributed by atoms with Crippen LogP contribution in [-0.2, 0) is 0 Å². The Balaban J connectivity index is 2.42. The van der Waals surface area contributed by atoms with Crippen LogP contribution >= 0.6 is 0 Å². The topological polar surface area (TPSA) is 82.9 Å². The van der Waals surface area contributed by atoms with E-state index in [4.69, 9.17) is 11.0 Å². The Kier molecular flexibility index (Phi) is 3.26. The zero-order chi connectivity index (χ0) is 13.1. The lowest BCUT2D eigenvalue weighted by atomic mass is 9.98. The van der Waals surface area contributed by atoms with Crippen molar-refractivity contribution in [1.82, 2.24) is 4.98 Å². The number of nitriles is 1. The van der Waals surface area contributed by atoms with E-state index in [0.717, 1.165) is 5.56 Å². The van der Waals surface area contributed by atoms with Gasteiger partial charge in [-0.15, -0.1) is 0 Å². The first-order valence-electron chi connectivity index (χ1n) is 5.52. The molecule has 0 bridgehead atoms. The van der Waals surface area contributed by atoms with Crippen molar-refractivity contribution in [2.75, 3.05) is 5.73 Å². The van der Waals surface area contributed by atoms with Gasteiger partial charge in [-0.3, -0.25) is 0 Å². The summed E-state index contributed by atoms with van der Waals surface area (Å²) in [7, 11) is 0. The Morgan fingerprint density at radius 3 is 2.50 bits per heavy atom. The molecule has 0 radical (unpaired) electrons. The summed E-state index contributed by atoms with van der Waals surface area (Å²) in [5.74, 6) is 0.326. The van der Waals surface area contributed by atoms with Crippen LogP contribution in [0.1, 0.15) is 28.4 Å². The van der Waals surface area contributed by atoms with Gasteiger partial charge in [0, 0.05) is 11.8 Å². The van der Waals surface area contributed by atoms with Crippen molar-refractivity contribution in [2.24, 2.45) is 0 Å². The number of nitrogen functional groups attached to an aromatic ring is 1. The minimum Gasteiger partial charge on any atom is -0.384 e. The third-order valence-electron chi connectivity index (χ3n) is 2.87. The molecule has 0 fully saturated rings. The van der Waals surface area contributed by atoms with Crippen molar-refractivity contribution in [1.29, 1.82) is 5.26 Å². The Morgan fingerprint density at radius 1 is 1.28 bits per heavy atom. The molecule has 0 saturated heterocycles. The molecule has 1 atom stereocenters. The fourth-order valence-corrected chi connectivity index (χ4v) is 1.85. The van der Waals surface area contributed by atoms with E-state index in [0.29, 0.717) is 22.5 Å². The summed E-state index contributed by atoms with van der Waals surface area (Å²) in [5.41, 5.74) is 8.54. The number of anilines is 1. The highest BCUT2D eigenvalue weighted by Crippen LogP contribution is 2.28. The molecule has 4 heteroatoms. The van der Waals surface area contributed by atoms with E-state index < -0.39 is 6.10 Å². The van der Waals surface area contributed by atoms with Crippen LogP contribution in [0.25, 0.3) is 0 Å². The van der Waals surface area contributed by atoms with Crippen molar-refractivity contribution < 1.29 is 5.11 Å². The molecule has 0 amide bonds. The molecule has 2 rings (SSSR count). The van der Waals surface area contributed by atoms with Gasteiger partial charge in [0.25, 0.3) is 0 Å². The summed E-state index contributed by atoms with van der Waals surface area (Å²) in [5, 5.41) is 19.0. The molecule has 18 heavy (non-hydrogen) atoms. The van der Waals surface area contributed by atoms with Gasteiger partial charge in [-0.05, 0) is 36.2 Å². The van der Waals surface area contributed by atoms with E-state index in [2.05, 4.69) is 4.98 Å². The molecule has 3 N–H and O–H groups in total. The second-order valence-electron chi connectivity index (χ2n) is 4.06. The van der Waals surface area contributed by atoms with Crippen LogP contribution in [0.3, 0.4) is 0 Å². The van der Waals surface area contributed by atoms with Crippen molar-refractivity contribution >= 4 is 5.82 Å². The SMILES string of the molecule is Cc1ccnc(N)c1C(O)c1ccc(C#N)cc1. The maximum Gasteiger partial charge on any atom is 0.129 e. The van der Waals surface area contributed by atoms with Crippen molar-refractivity contribution in [2.45, 2.75) is 13.0 Å². The Hall–Kier alpha value is -2.38. The second kappa shape index (κ2) is 4.86. The highest BCUT2D eigenvalue weighted by molar-refractivity contribution is 5.49. The lowest BCUT2D eigenvalue weighted by Gasteiger charge is -2.15. The van der Waals surface area contributed by atoms with Crippen LogP contribution in [0.4, 0.5) is 5.82 Å². The number of aromatic nitrogens is 1. The maximum atomic E-state index is 10.3. The molecule has 0 aliphatic carbocycles. The highest BCUT2D eigenvalue weighted by Gasteiger charge is 2.16. The molecule has 1 aromatic heterocycles. The van der Waals surface area contributed by atoms with Gasteiger partial charge in [-0.2, -0.15) is 5.26 Å². The summed E-state index contributed by atoms with van der Waals surface area (Å²) >= 11 is 0. The van der Waals surface area contributed by atoms with Gasteiger partial charge in [-0.25, -0.2) is 4.98 Å². The van der Waals surface area contributed by atoms with E-state index >= 15 is 0 Å². The summed E-state index contributed by atoms with van der Waals surface area (Å²) in [6.45, 7) is 1.88. The quantitative estimate of drug-likeness (QED) is 0.838. The molecule has 2 aromatic rings. The molecule has 0 spiro atoms. The second-order valence-corrected chi connectivity index (χ2v) is 4.06. The van der Waals surface area contributed by atoms with E-state index in [1.165, 1.54) is 0 Å². The number of aryl methyl sites for hydroxylation is 1. The molecule has 4 nitrogen and oxygen atoms in total. The predicted octanol–water partition coefficient (Wildman–Crippen LogP) is 1.93. The molecule has 1 heterocycles.